The van der Waals surface area contributed by atoms with E-state index in [1.807, 2.05) is 6.92 Å². The molecule has 0 aliphatic rings. The molecule has 0 fully saturated rings. The number of hydrogen-bond donors (Lipinski definition) is 3. The molecule has 0 aromatic rings. The van der Waals surface area contributed by atoms with Gasteiger partial charge in [-0.15, -0.1) is 12.6 Å². The summed E-state index contributed by atoms with van der Waals surface area (Å²) >= 11 is 3.98. The summed E-state index contributed by atoms with van der Waals surface area (Å²) in [7, 11) is 1.55. The third-order valence-electron chi connectivity index (χ3n) is 1.09. The molecular weight excluding hydrogens is 162 g/mol. The van der Waals surface area contributed by atoms with Crippen molar-refractivity contribution in [3.05, 3.63) is 11.6 Å². The smallest absolute Gasteiger partial charge is 0.333 e. The van der Waals surface area contributed by atoms with Crippen LogP contribution >= 0.6 is 12.6 Å². The fourth-order valence-electron chi connectivity index (χ4n) is 0.505. The van der Waals surface area contributed by atoms with Gasteiger partial charge in [0.2, 0.25) is 0 Å². The van der Waals surface area contributed by atoms with Gasteiger partial charge in [0.05, 0.1) is 5.03 Å². The van der Waals surface area contributed by atoms with Crippen LogP contribution in [0.2, 0.25) is 0 Å². The van der Waals surface area contributed by atoms with Gasteiger partial charge < -0.3 is 5.32 Å². The molecule has 0 aliphatic heterocycles. The molecule has 0 aromatic carbocycles. The van der Waals surface area contributed by atoms with E-state index in [1.165, 1.54) is 5.01 Å². The predicted molar refractivity (Wildman–Crippen MR) is 48.1 cm³/mol. The second-order valence-electron chi connectivity index (χ2n) is 1.85. The minimum Gasteiger partial charge on any atom is -0.340 e. The van der Waals surface area contributed by atoms with Gasteiger partial charge in [0.1, 0.15) is 0 Å². The van der Waals surface area contributed by atoms with Crippen molar-refractivity contribution in [1.82, 2.24) is 15.8 Å². The van der Waals surface area contributed by atoms with Crippen molar-refractivity contribution in [2.45, 2.75) is 6.92 Å². The SMILES string of the molecule is C=C(S)N(CC)NC(=O)NC. The van der Waals surface area contributed by atoms with Gasteiger partial charge in [-0.3, -0.25) is 5.01 Å². The minimum atomic E-state index is -0.276. The Morgan fingerprint density at radius 1 is 1.73 bits per heavy atom. The first-order valence-electron chi connectivity index (χ1n) is 3.25. The number of nitrogens with zero attached hydrogens (tertiary/aromatic N) is 1. The van der Waals surface area contributed by atoms with Crippen LogP contribution in [-0.2, 0) is 0 Å². The van der Waals surface area contributed by atoms with Crippen molar-refractivity contribution in [3.63, 3.8) is 0 Å². The van der Waals surface area contributed by atoms with Crippen LogP contribution in [0, 0.1) is 0 Å². The molecule has 0 saturated heterocycles. The van der Waals surface area contributed by atoms with E-state index in [0.29, 0.717) is 11.6 Å². The molecule has 0 heterocycles. The maximum Gasteiger partial charge on any atom is 0.333 e. The summed E-state index contributed by atoms with van der Waals surface area (Å²) in [6, 6.07) is -0.276. The number of urea groups is 1. The number of thiol groups is 1. The lowest BCUT2D eigenvalue weighted by Crippen LogP contribution is -2.44. The minimum absolute atomic E-state index is 0.276. The molecule has 4 nitrogen and oxygen atoms in total. The Balaban J connectivity index is 3.88. The quantitative estimate of drug-likeness (QED) is 0.433. The molecule has 0 rings (SSSR count). The van der Waals surface area contributed by atoms with Gasteiger partial charge in [0.25, 0.3) is 0 Å². The van der Waals surface area contributed by atoms with Crippen LogP contribution in [0.15, 0.2) is 11.6 Å². The first-order chi connectivity index (χ1) is 5.11. The maximum absolute atomic E-state index is 10.7. The summed E-state index contributed by atoms with van der Waals surface area (Å²) in [5.41, 5.74) is 2.52. The lowest BCUT2D eigenvalue weighted by molar-refractivity contribution is 0.212. The summed E-state index contributed by atoms with van der Waals surface area (Å²) < 4.78 is 0. The van der Waals surface area contributed by atoms with Crippen LogP contribution in [0.1, 0.15) is 6.92 Å². The highest BCUT2D eigenvalue weighted by atomic mass is 32.1. The van der Waals surface area contributed by atoms with Crippen LogP contribution in [0.5, 0.6) is 0 Å². The van der Waals surface area contributed by atoms with Crippen LogP contribution in [0.4, 0.5) is 4.79 Å². The van der Waals surface area contributed by atoms with Gasteiger partial charge in [0.15, 0.2) is 0 Å². The van der Waals surface area contributed by atoms with E-state index in [2.05, 4.69) is 30.0 Å². The standard InChI is InChI=1S/C6H13N3OS/c1-4-9(5(2)11)8-6(10)7-3/h11H,2,4H2,1,3H3,(H2,7,8,10). The molecule has 5 heteroatoms. The first kappa shape index (κ1) is 10.2. The van der Waals surface area contributed by atoms with Gasteiger partial charge in [-0.05, 0) is 6.92 Å². The molecular formula is C6H13N3OS. The number of carbonyl (C=O) groups is 1. The van der Waals surface area contributed by atoms with Crippen molar-refractivity contribution in [2.24, 2.45) is 0 Å². The van der Waals surface area contributed by atoms with Crippen molar-refractivity contribution in [1.29, 1.82) is 0 Å². The summed E-state index contributed by atoms with van der Waals surface area (Å²) in [5, 5.41) is 4.46. The van der Waals surface area contributed by atoms with E-state index in [9.17, 15) is 4.79 Å². The largest absolute Gasteiger partial charge is 0.340 e. The fraction of sp³-hybridized carbons (Fsp3) is 0.500. The topological polar surface area (TPSA) is 44.4 Å². The van der Waals surface area contributed by atoms with E-state index < -0.39 is 0 Å². The maximum atomic E-state index is 10.7. The molecule has 0 aromatic heterocycles. The number of rotatable bonds is 3. The molecule has 2 N–H and O–H groups in total. The second kappa shape index (κ2) is 4.90. The Morgan fingerprint density at radius 2 is 2.27 bits per heavy atom. The number of amides is 2. The average Bonchev–Trinajstić information content (AvgIpc) is 1.99. The number of nitrogens with one attached hydrogen (secondary N) is 2. The molecule has 11 heavy (non-hydrogen) atoms. The third-order valence-corrected chi connectivity index (χ3v) is 1.33. The van der Waals surface area contributed by atoms with Gasteiger partial charge >= 0.3 is 6.03 Å². The normalized spacial score (nSPS) is 8.64. The Labute approximate surface area is 72.0 Å². The summed E-state index contributed by atoms with van der Waals surface area (Å²) in [5.74, 6) is 0. The lowest BCUT2D eigenvalue weighted by Gasteiger charge is -2.21. The molecule has 0 spiro atoms. The Morgan fingerprint density at radius 3 is 2.55 bits per heavy atom. The molecule has 64 valence electrons. The van der Waals surface area contributed by atoms with Gasteiger partial charge in [-0.25, -0.2) is 10.2 Å². The van der Waals surface area contributed by atoms with E-state index >= 15 is 0 Å². The van der Waals surface area contributed by atoms with Crippen LogP contribution in [-0.4, -0.2) is 24.6 Å². The average molecular weight is 175 g/mol. The summed E-state index contributed by atoms with van der Waals surface area (Å²) in [6.45, 7) is 6.08. The molecule has 0 unspecified atom stereocenters. The highest BCUT2D eigenvalue weighted by Crippen LogP contribution is 2.00. The first-order valence-corrected chi connectivity index (χ1v) is 3.70. The van der Waals surface area contributed by atoms with E-state index in [0.717, 1.165) is 0 Å². The van der Waals surface area contributed by atoms with E-state index in [4.69, 9.17) is 0 Å². The highest BCUT2D eigenvalue weighted by molar-refractivity contribution is 7.84. The zero-order valence-electron chi connectivity index (χ0n) is 6.72. The zero-order chi connectivity index (χ0) is 8.85. The summed E-state index contributed by atoms with van der Waals surface area (Å²) in [4.78, 5) is 10.7. The highest BCUT2D eigenvalue weighted by Gasteiger charge is 2.03. The summed E-state index contributed by atoms with van der Waals surface area (Å²) in [6.07, 6.45) is 0. The van der Waals surface area contributed by atoms with Crippen LogP contribution in [0.3, 0.4) is 0 Å². The zero-order valence-corrected chi connectivity index (χ0v) is 7.61. The van der Waals surface area contributed by atoms with Crippen molar-refractivity contribution < 1.29 is 4.79 Å². The Bertz CT molecular complexity index is 160. The molecule has 0 saturated carbocycles. The Kier molecular flexibility index (Phi) is 4.52. The van der Waals surface area contributed by atoms with E-state index in [1.54, 1.807) is 7.05 Å². The lowest BCUT2D eigenvalue weighted by atomic mass is 10.7. The van der Waals surface area contributed by atoms with Gasteiger partial charge in [-0.2, -0.15) is 0 Å². The molecule has 2 amide bonds. The van der Waals surface area contributed by atoms with Crippen molar-refractivity contribution in [2.75, 3.05) is 13.6 Å². The Hall–Kier alpha value is -0.840. The van der Waals surface area contributed by atoms with Crippen LogP contribution in [0.25, 0.3) is 0 Å². The van der Waals surface area contributed by atoms with Crippen LogP contribution < -0.4 is 10.7 Å². The number of hydrazine groups is 1. The number of carbonyl (C=O) groups excluding carboxylic acids is 1. The second-order valence-corrected chi connectivity index (χ2v) is 2.37. The molecule has 0 aliphatic carbocycles. The monoisotopic (exact) mass is 175 g/mol. The molecule has 0 atom stereocenters. The third kappa shape index (κ3) is 3.77. The number of hydrogen-bond acceptors (Lipinski definition) is 3. The van der Waals surface area contributed by atoms with Crippen molar-refractivity contribution >= 4 is 18.7 Å². The van der Waals surface area contributed by atoms with Gasteiger partial charge in [0, 0.05) is 13.6 Å². The molecule has 0 bridgehead atoms. The molecule has 0 radical (unpaired) electrons. The fourth-order valence-corrected chi connectivity index (χ4v) is 0.696. The van der Waals surface area contributed by atoms with Gasteiger partial charge in [-0.1, -0.05) is 6.58 Å². The van der Waals surface area contributed by atoms with E-state index in [-0.39, 0.29) is 6.03 Å². The van der Waals surface area contributed by atoms with Crippen molar-refractivity contribution in [3.8, 4) is 0 Å². The predicted octanol–water partition coefficient (Wildman–Crippen LogP) is 0.553.